The van der Waals surface area contributed by atoms with E-state index in [2.05, 4.69) is 24.1 Å². The molecule has 0 saturated carbocycles. The molecular formula is C14H24F3N3S. The molecule has 0 aromatic carbocycles. The van der Waals surface area contributed by atoms with Crippen molar-refractivity contribution in [3.8, 4) is 0 Å². The van der Waals surface area contributed by atoms with E-state index in [4.69, 9.17) is 0 Å². The van der Waals surface area contributed by atoms with E-state index in [1.54, 1.807) is 0 Å². The molecule has 1 aromatic heterocycles. The highest BCUT2D eigenvalue weighted by molar-refractivity contribution is 7.15. The van der Waals surface area contributed by atoms with Gasteiger partial charge in [-0.25, -0.2) is 4.98 Å². The third-order valence-corrected chi connectivity index (χ3v) is 4.03. The third kappa shape index (κ3) is 6.22. The maximum atomic E-state index is 12.5. The third-order valence-electron chi connectivity index (χ3n) is 2.84. The lowest BCUT2D eigenvalue weighted by Crippen LogP contribution is -2.30. The van der Waals surface area contributed by atoms with E-state index in [-0.39, 0.29) is 5.92 Å². The lowest BCUT2D eigenvalue weighted by atomic mass is 10.1. The van der Waals surface area contributed by atoms with Gasteiger partial charge in [-0.3, -0.25) is 0 Å². The lowest BCUT2D eigenvalue weighted by Gasteiger charge is -2.17. The topological polar surface area (TPSA) is 28.2 Å². The van der Waals surface area contributed by atoms with Gasteiger partial charge in [-0.2, -0.15) is 13.2 Å². The van der Waals surface area contributed by atoms with Crippen molar-refractivity contribution in [2.24, 2.45) is 5.92 Å². The summed E-state index contributed by atoms with van der Waals surface area (Å²) in [6.07, 6.45) is -4.21. The summed E-state index contributed by atoms with van der Waals surface area (Å²) in [5, 5.41) is 3.75. The lowest BCUT2D eigenvalue weighted by molar-refractivity contribution is -0.119. The van der Waals surface area contributed by atoms with Crippen LogP contribution in [0.4, 0.5) is 18.3 Å². The average molecular weight is 323 g/mol. The van der Waals surface area contributed by atoms with Crippen LogP contribution in [-0.4, -0.2) is 31.3 Å². The number of aromatic nitrogens is 1. The predicted molar refractivity (Wildman–Crippen MR) is 82.1 cm³/mol. The molecule has 0 amide bonds. The minimum atomic E-state index is -4.21. The predicted octanol–water partition coefficient (Wildman–Crippen LogP) is 4.01. The Morgan fingerprint density at radius 1 is 1.24 bits per heavy atom. The maximum absolute atomic E-state index is 12.5. The molecule has 0 fully saturated rings. The highest BCUT2D eigenvalue weighted by atomic mass is 32.1. The number of hydrogen-bond donors (Lipinski definition) is 1. The number of alkyl halides is 3. The molecule has 0 radical (unpaired) electrons. The Labute approximate surface area is 128 Å². The first-order valence-corrected chi connectivity index (χ1v) is 7.90. The highest BCUT2D eigenvalue weighted by Crippen LogP contribution is 2.31. The summed E-state index contributed by atoms with van der Waals surface area (Å²) >= 11 is 1.34. The smallest absolute Gasteiger partial charge is 0.342 e. The van der Waals surface area contributed by atoms with E-state index in [1.807, 2.05) is 13.8 Å². The quantitative estimate of drug-likeness (QED) is 0.822. The van der Waals surface area contributed by atoms with Gasteiger partial charge in [0.15, 0.2) is 5.13 Å². The van der Waals surface area contributed by atoms with Gasteiger partial charge in [-0.15, -0.1) is 11.3 Å². The van der Waals surface area contributed by atoms with Crippen molar-refractivity contribution in [2.75, 3.05) is 25.0 Å². The SMILES string of the molecule is CC(C)CNCc1sc(N(C)CC(F)(F)F)nc1C(C)C. The summed E-state index contributed by atoms with van der Waals surface area (Å²) in [5.74, 6) is 0.734. The Balaban J connectivity index is 2.83. The second-order valence-electron chi connectivity index (χ2n) is 5.96. The number of nitrogens with zero attached hydrogens (tertiary/aromatic N) is 2. The average Bonchev–Trinajstić information content (AvgIpc) is 2.70. The van der Waals surface area contributed by atoms with Crippen LogP contribution in [0.1, 0.15) is 44.2 Å². The molecule has 21 heavy (non-hydrogen) atoms. The van der Waals surface area contributed by atoms with Crippen molar-refractivity contribution in [1.29, 1.82) is 0 Å². The van der Waals surface area contributed by atoms with Gasteiger partial charge >= 0.3 is 6.18 Å². The number of nitrogens with one attached hydrogen (secondary N) is 1. The van der Waals surface area contributed by atoms with Crippen LogP contribution < -0.4 is 10.2 Å². The summed E-state index contributed by atoms with van der Waals surface area (Å²) in [5.41, 5.74) is 0.889. The molecule has 1 rings (SSSR count). The van der Waals surface area contributed by atoms with Gasteiger partial charge in [-0.05, 0) is 18.4 Å². The summed E-state index contributed by atoms with van der Waals surface area (Å²) in [4.78, 5) is 6.59. The van der Waals surface area contributed by atoms with Crippen molar-refractivity contribution in [2.45, 2.75) is 46.3 Å². The molecule has 3 nitrogen and oxygen atoms in total. The normalized spacial score (nSPS) is 12.5. The minimum absolute atomic E-state index is 0.199. The van der Waals surface area contributed by atoms with Crippen LogP contribution in [0.15, 0.2) is 0 Å². The van der Waals surface area contributed by atoms with Gasteiger partial charge in [0.25, 0.3) is 0 Å². The molecule has 0 aliphatic heterocycles. The molecule has 1 aromatic rings. The summed E-state index contributed by atoms with van der Waals surface area (Å²) < 4.78 is 37.4. The monoisotopic (exact) mass is 323 g/mol. The number of anilines is 1. The van der Waals surface area contributed by atoms with Gasteiger partial charge in [0, 0.05) is 18.5 Å². The zero-order chi connectivity index (χ0) is 16.2. The first kappa shape index (κ1) is 18.2. The molecule has 0 atom stereocenters. The van der Waals surface area contributed by atoms with Gasteiger partial charge in [-0.1, -0.05) is 27.7 Å². The Morgan fingerprint density at radius 3 is 2.33 bits per heavy atom. The van der Waals surface area contributed by atoms with E-state index in [9.17, 15) is 13.2 Å². The van der Waals surface area contributed by atoms with E-state index < -0.39 is 12.7 Å². The molecule has 122 valence electrons. The zero-order valence-electron chi connectivity index (χ0n) is 13.2. The molecule has 0 saturated heterocycles. The zero-order valence-corrected chi connectivity index (χ0v) is 14.0. The Hall–Kier alpha value is -0.820. The number of rotatable bonds is 7. The fourth-order valence-corrected chi connectivity index (χ4v) is 3.05. The van der Waals surface area contributed by atoms with Crippen LogP contribution in [0.25, 0.3) is 0 Å². The number of thiazole rings is 1. The van der Waals surface area contributed by atoms with Crippen LogP contribution in [0.5, 0.6) is 0 Å². The molecule has 0 bridgehead atoms. The van der Waals surface area contributed by atoms with Crippen LogP contribution >= 0.6 is 11.3 Å². The van der Waals surface area contributed by atoms with Gasteiger partial charge in [0.2, 0.25) is 0 Å². The Bertz CT molecular complexity index is 441. The van der Waals surface area contributed by atoms with E-state index in [0.29, 0.717) is 17.6 Å². The second-order valence-corrected chi connectivity index (χ2v) is 7.02. The molecule has 7 heteroatoms. The molecule has 0 aliphatic carbocycles. The highest BCUT2D eigenvalue weighted by Gasteiger charge is 2.30. The molecule has 1 heterocycles. The number of hydrogen-bond acceptors (Lipinski definition) is 4. The van der Waals surface area contributed by atoms with Crippen LogP contribution in [0, 0.1) is 5.92 Å². The fourth-order valence-electron chi connectivity index (χ4n) is 1.90. The van der Waals surface area contributed by atoms with Crippen LogP contribution in [-0.2, 0) is 6.54 Å². The van der Waals surface area contributed by atoms with Crippen molar-refractivity contribution in [1.82, 2.24) is 10.3 Å². The molecular weight excluding hydrogens is 299 g/mol. The Morgan fingerprint density at radius 2 is 1.86 bits per heavy atom. The van der Waals surface area contributed by atoms with Crippen LogP contribution in [0.3, 0.4) is 0 Å². The molecule has 1 N–H and O–H groups in total. The Kier molecular flexibility index (Phi) is 6.46. The standard InChI is InChI=1S/C14H24F3N3S/c1-9(2)6-18-7-11-12(10(3)4)19-13(21-11)20(5)8-14(15,16)17/h9-10,18H,6-8H2,1-5H3. The van der Waals surface area contributed by atoms with E-state index in [1.165, 1.54) is 23.3 Å². The van der Waals surface area contributed by atoms with Crippen molar-refractivity contribution in [3.63, 3.8) is 0 Å². The largest absolute Gasteiger partial charge is 0.405 e. The first-order chi connectivity index (χ1) is 9.60. The second kappa shape index (κ2) is 7.45. The molecule has 0 unspecified atom stereocenters. The van der Waals surface area contributed by atoms with Gasteiger partial charge in [0.05, 0.1) is 5.69 Å². The van der Waals surface area contributed by atoms with Crippen LogP contribution in [0.2, 0.25) is 0 Å². The van der Waals surface area contributed by atoms with Gasteiger partial charge in [0.1, 0.15) is 6.54 Å². The minimum Gasteiger partial charge on any atom is -0.342 e. The summed E-state index contributed by atoms with van der Waals surface area (Å²) in [7, 11) is 1.43. The number of halogens is 3. The maximum Gasteiger partial charge on any atom is 0.405 e. The van der Waals surface area contributed by atoms with Crippen molar-refractivity contribution < 1.29 is 13.2 Å². The molecule has 0 spiro atoms. The fraction of sp³-hybridized carbons (Fsp3) is 0.786. The van der Waals surface area contributed by atoms with Crippen molar-refractivity contribution in [3.05, 3.63) is 10.6 Å². The summed E-state index contributed by atoms with van der Waals surface area (Å²) in [6.45, 7) is 8.81. The van der Waals surface area contributed by atoms with Crippen molar-refractivity contribution >= 4 is 16.5 Å². The van der Waals surface area contributed by atoms with Gasteiger partial charge < -0.3 is 10.2 Å². The summed E-state index contributed by atoms with van der Waals surface area (Å²) in [6, 6.07) is 0. The van der Waals surface area contributed by atoms with E-state index in [0.717, 1.165) is 17.1 Å². The first-order valence-electron chi connectivity index (χ1n) is 7.08. The molecule has 0 aliphatic rings. The van der Waals surface area contributed by atoms with E-state index >= 15 is 0 Å².